The topological polar surface area (TPSA) is 93.0 Å². The lowest BCUT2D eigenvalue weighted by Gasteiger charge is -2.06. The van der Waals surface area contributed by atoms with Crippen LogP contribution in [0.4, 0.5) is 5.13 Å². The number of aromatic hydroxyl groups is 1. The number of aromatic nitrogens is 1. The number of methoxy groups -OCH3 is 1. The third-order valence-electron chi connectivity index (χ3n) is 3.11. The van der Waals surface area contributed by atoms with E-state index in [9.17, 15) is 9.90 Å². The van der Waals surface area contributed by atoms with Gasteiger partial charge in [0, 0.05) is 17.0 Å². The summed E-state index contributed by atoms with van der Waals surface area (Å²) < 4.78 is 9.97. The zero-order valence-electron chi connectivity index (χ0n) is 13.7. The number of benzene rings is 1. The number of carbonyl (C=O) groups is 1. The summed E-state index contributed by atoms with van der Waals surface area (Å²) in [5.41, 5.74) is 4.83. The number of phenolic OH excluding ortho intramolecular Hbond substituents is 1. The van der Waals surface area contributed by atoms with Crippen LogP contribution in [0.15, 0.2) is 22.6 Å². The number of hydrazone groups is 1. The molecule has 2 N–H and O–H groups in total. The van der Waals surface area contributed by atoms with Crippen LogP contribution in [0.1, 0.15) is 23.7 Å². The van der Waals surface area contributed by atoms with E-state index in [0.717, 1.165) is 5.56 Å². The predicted molar refractivity (Wildman–Crippen MR) is 93.1 cm³/mol. The number of ether oxygens (including phenoxy) is 2. The van der Waals surface area contributed by atoms with Crippen molar-refractivity contribution in [2.45, 2.75) is 20.3 Å². The average molecular weight is 349 g/mol. The molecular weight excluding hydrogens is 330 g/mol. The van der Waals surface area contributed by atoms with Crippen LogP contribution in [0.25, 0.3) is 0 Å². The van der Waals surface area contributed by atoms with Crippen molar-refractivity contribution in [1.29, 1.82) is 0 Å². The van der Waals surface area contributed by atoms with Crippen LogP contribution in [0.3, 0.4) is 0 Å². The Balaban J connectivity index is 2.00. The molecule has 128 valence electrons. The zero-order valence-corrected chi connectivity index (χ0v) is 14.5. The molecule has 0 aliphatic rings. The van der Waals surface area contributed by atoms with E-state index in [0.29, 0.717) is 28.7 Å². The normalized spacial score (nSPS) is 10.8. The van der Waals surface area contributed by atoms with E-state index in [1.165, 1.54) is 23.6 Å². The van der Waals surface area contributed by atoms with Gasteiger partial charge in [-0.05, 0) is 25.5 Å². The van der Waals surface area contributed by atoms with Crippen LogP contribution in [-0.4, -0.2) is 36.0 Å². The first-order valence-corrected chi connectivity index (χ1v) is 8.18. The quantitative estimate of drug-likeness (QED) is 0.453. The number of nitrogens with one attached hydrogen (secondary N) is 1. The molecule has 8 heteroatoms. The molecule has 1 aromatic carbocycles. The van der Waals surface area contributed by atoms with Gasteiger partial charge in [-0.15, -0.1) is 11.3 Å². The molecule has 0 spiro atoms. The number of carbonyl (C=O) groups excluding carboxylic acids is 1. The molecular formula is C16H19N3O4S. The highest BCUT2D eigenvalue weighted by Gasteiger charge is 2.08. The van der Waals surface area contributed by atoms with Gasteiger partial charge in [0.15, 0.2) is 0 Å². The molecule has 1 heterocycles. The average Bonchev–Trinajstić information content (AvgIpc) is 2.97. The van der Waals surface area contributed by atoms with Gasteiger partial charge in [-0.1, -0.05) is 0 Å². The van der Waals surface area contributed by atoms with Crippen molar-refractivity contribution in [3.8, 4) is 11.5 Å². The first-order chi connectivity index (χ1) is 11.5. The maximum atomic E-state index is 11.4. The number of anilines is 1. The van der Waals surface area contributed by atoms with Gasteiger partial charge >= 0.3 is 5.97 Å². The first-order valence-electron chi connectivity index (χ1n) is 7.30. The molecule has 0 fully saturated rings. The van der Waals surface area contributed by atoms with Crippen molar-refractivity contribution in [1.82, 2.24) is 4.98 Å². The van der Waals surface area contributed by atoms with E-state index < -0.39 is 0 Å². The van der Waals surface area contributed by atoms with Crippen molar-refractivity contribution in [3.05, 3.63) is 34.3 Å². The number of hydrogen-bond acceptors (Lipinski definition) is 8. The van der Waals surface area contributed by atoms with Crippen LogP contribution in [0.5, 0.6) is 11.5 Å². The minimum absolute atomic E-state index is 0.0829. The lowest BCUT2D eigenvalue weighted by molar-refractivity contribution is -0.142. The minimum atomic E-state index is -0.309. The highest BCUT2D eigenvalue weighted by molar-refractivity contribution is 7.13. The molecule has 0 amide bonds. The Morgan fingerprint density at radius 1 is 1.50 bits per heavy atom. The smallest absolute Gasteiger partial charge is 0.311 e. The second-order valence-electron chi connectivity index (χ2n) is 4.87. The fourth-order valence-corrected chi connectivity index (χ4v) is 2.64. The minimum Gasteiger partial charge on any atom is -0.507 e. The SMILES string of the molecule is CCOC(=O)Cc1csc(NN=Cc2c(C)cc(OC)cc2O)n1. The van der Waals surface area contributed by atoms with E-state index in [4.69, 9.17) is 9.47 Å². The van der Waals surface area contributed by atoms with Gasteiger partial charge in [0.05, 0.1) is 32.0 Å². The predicted octanol–water partition coefficient (Wildman–Crippen LogP) is 2.72. The second-order valence-corrected chi connectivity index (χ2v) is 5.73. The molecule has 0 aliphatic heterocycles. The summed E-state index contributed by atoms with van der Waals surface area (Å²) in [4.78, 5) is 15.6. The Hall–Kier alpha value is -2.61. The number of hydrogen-bond donors (Lipinski definition) is 2. The Labute approximate surface area is 144 Å². The van der Waals surface area contributed by atoms with Crippen molar-refractivity contribution >= 4 is 28.7 Å². The molecule has 0 atom stereocenters. The summed E-state index contributed by atoms with van der Waals surface area (Å²) in [6.45, 7) is 3.96. The molecule has 2 rings (SSSR count). The van der Waals surface area contributed by atoms with Gasteiger partial charge in [-0.3, -0.25) is 10.2 Å². The molecule has 0 unspecified atom stereocenters. The van der Waals surface area contributed by atoms with E-state index in [1.807, 2.05) is 13.0 Å². The summed E-state index contributed by atoms with van der Waals surface area (Å²) in [7, 11) is 1.54. The number of rotatable bonds is 7. The summed E-state index contributed by atoms with van der Waals surface area (Å²) in [5, 5.41) is 16.4. The van der Waals surface area contributed by atoms with Gasteiger partial charge in [-0.25, -0.2) is 4.98 Å². The third-order valence-corrected chi connectivity index (χ3v) is 3.91. The summed E-state index contributed by atoms with van der Waals surface area (Å²) >= 11 is 1.33. The van der Waals surface area contributed by atoms with Crippen LogP contribution < -0.4 is 10.2 Å². The molecule has 2 aromatic rings. The molecule has 0 radical (unpaired) electrons. The van der Waals surface area contributed by atoms with Crippen LogP contribution >= 0.6 is 11.3 Å². The highest BCUT2D eigenvalue weighted by atomic mass is 32.1. The van der Waals surface area contributed by atoms with Gasteiger partial charge in [0.2, 0.25) is 5.13 Å². The third kappa shape index (κ3) is 4.69. The number of esters is 1. The fourth-order valence-electron chi connectivity index (χ4n) is 1.98. The largest absolute Gasteiger partial charge is 0.507 e. The molecule has 24 heavy (non-hydrogen) atoms. The van der Waals surface area contributed by atoms with Crippen molar-refractivity contribution in [2.24, 2.45) is 5.10 Å². The van der Waals surface area contributed by atoms with Gasteiger partial charge in [-0.2, -0.15) is 5.10 Å². The Morgan fingerprint density at radius 2 is 2.29 bits per heavy atom. The molecule has 0 bridgehead atoms. The second kappa shape index (κ2) is 8.30. The van der Waals surface area contributed by atoms with E-state index in [1.54, 1.807) is 19.4 Å². The molecule has 0 aliphatic carbocycles. The van der Waals surface area contributed by atoms with E-state index >= 15 is 0 Å². The Kier molecular flexibility index (Phi) is 6.14. The lowest BCUT2D eigenvalue weighted by Crippen LogP contribution is -2.07. The summed E-state index contributed by atoms with van der Waals surface area (Å²) in [5.74, 6) is 0.356. The van der Waals surface area contributed by atoms with Crippen molar-refractivity contribution in [3.63, 3.8) is 0 Å². The van der Waals surface area contributed by atoms with E-state index in [-0.39, 0.29) is 18.1 Å². The number of nitrogens with zero attached hydrogens (tertiary/aromatic N) is 2. The van der Waals surface area contributed by atoms with Gasteiger partial charge in [0.1, 0.15) is 11.5 Å². The van der Waals surface area contributed by atoms with E-state index in [2.05, 4.69) is 15.5 Å². The lowest BCUT2D eigenvalue weighted by atomic mass is 10.1. The molecule has 0 saturated carbocycles. The zero-order chi connectivity index (χ0) is 17.5. The maximum absolute atomic E-state index is 11.4. The van der Waals surface area contributed by atoms with Crippen LogP contribution in [0, 0.1) is 6.92 Å². The monoisotopic (exact) mass is 349 g/mol. The fraction of sp³-hybridized carbons (Fsp3) is 0.312. The van der Waals surface area contributed by atoms with Gasteiger partial charge < -0.3 is 14.6 Å². The maximum Gasteiger partial charge on any atom is 0.311 e. The van der Waals surface area contributed by atoms with Crippen molar-refractivity contribution in [2.75, 3.05) is 19.1 Å². The summed E-state index contributed by atoms with van der Waals surface area (Å²) in [6.07, 6.45) is 1.64. The summed E-state index contributed by atoms with van der Waals surface area (Å²) in [6, 6.07) is 3.33. The Morgan fingerprint density at radius 3 is 2.96 bits per heavy atom. The van der Waals surface area contributed by atoms with Crippen molar-refractivity contribution < 1.29 is 19.4 Å². The number of thiazole rings is 1. The molecule has 0 saturated heterocycles. The standard InChI is InChI=1S/C16H19N3O4S/c1-4-23-15(21)6-11-9-24-16(18-11)19-17-8-13-10(2)5-12(22-3)7-14(13)20/h5,7-9,20H,4,6H2,1-3H3,(H,18,19). The molecule has 7 nitrogen and oxygen atoms in total. The van der Waals surface area contributed by atoms with Gasteiger partial charge in [0.25, 0.3) is 0 Å². The van der Waals surface area contributed by atoms with Crippen LogP contribution in [-0.2, 0) is 16.0 Å². The number of aryl methyl sites for hydroxylation is 1. The Bertz CT molecular complexity index is 720. The first kappa shape index (κ1) is 17.7. The molecule has 1 aromatic heterocycles. The number of phenols is 1. The highest BCUT2D eigenvalue weighted by Crippen LogP contribution is 2.26. The van der Waals surface area contributed by atoms with Crippen LogP contribution in [0.2, 0.25) is 0 Å².